The van der Waals surface area contributed by atoms with Gasteiger partial charge in [-0.3, -0.25) is 9.69 Å². The van der Waals surface area contributed by atoms with E-state index in [2.05, 4.69) is 4.90 Å². The van der Waals surface area contributed by atoms with E-state index in [-0.39, 0.29) is 11.8 Å². The molecule has 1 unspecified atom stereocenters. The number of rotatable bonds is 5. The van der Waals surface area contributed by atoms with E-state index in [0.29, 0.717) is 43.9 Å². The van der Waals surface area contributed by atoms with Gasteiger partial charge in [-0.15, -0.1) is 0 Å². The fourth-order valence-electron chi connectivity index (χ4n) is 3.57. The fraction of sp³-hybridized carbons (Fsp3) is 0.381. The molecule has 1 aliphatic rings. The quantitative estimate of drug-likeness (QED) is 0.719. The first-order valence-electron chi connectivity index (χ1n) is 9.15. The number of Topliss-reactive ketones (excluding diaryl/α,β-unsaturated/α-hetero) is 1. The van der Waals surface area contributed by atoms with Gasteiger partial charge in [0.2, 0.25) is 0 Å². The van der Waals surface area contributed by atoms with Crippen molar-refractivity contribution in [1.29, 1.82) is 0 Å². The maximum atomic E-state index is 12.9. The van der Waals surface area contributed by atoms with Crippen LogP contribution in [-0.2, 0) is 6.18 Å². The monoisotopic (exact) mass is 376 g/mol. The standard InChI is InChI=1S/C21H23F3N2O/c1-2-19(20(27)16-7-4-3-5-8-16)26-13-11-25(12-14-26)18-10-6-9-17(15-18)21(22,23)24/h3-10,15,19H,2,11-14H2,1H3. The number of hydrogen-bond donors (Lipinski definition) is 0. The summed E-state index contributed by atoms with van der Waals surface area (Å²) in [7, 11) is 0. The summed E-state index contributed by atoms with van der Waals surface area (Å²) in [4.78, 5) is 16.9. The van der Waals surface area contributed by atoms with Gasteiger partial charge < -0.3 is 4.90 Å². The molecular formula is C21H23F3N2O. The maximum absolute atomic E-state index is 12.9. The smallest absolute Gasteiger partial charge is 0.369 e. The molecule has 0 aliphatic carbocycles. The first-order valence-corrected chi connectivity index (χ1v) is 9.15. The molecular weight excluding hydrogens is 353 g/mol. The van der Waals surface area contributed by atoms with Crippen molar-refractivity contribution in [3.05, 3.63) is 65.7 Å². The van der Waals surface area contributed by atoms with Crippen LogP contribution in [0.1, 0.15) is 29.3 Å². The number of halogens is 3. The van der Waals surface area contributed by atoms with Gasteiger partial charge in [0.25, 0.3) is 0 Å². The second-order valence-electron chi connectivity index (χ2n) is 6.73. The number of carbonyl (C=O) groups is 1. The number of nitrogens with zero attached hydrogens (tertiary/aromatic N) is 2. The Morgan fingerprint density at radius 1 is 1.00 bits per heavy atom. The molecule has 1 atom stereocenters. The van der Waals surface area contributed by atoms with E-state index in [4.69, 9.17) is 0 Å². The van der Waals surface area contributed by atoms with Crippen molar-refractivity contribution in [2.24, 2.45) is 0 Å². The van der Waals surface area contributed by atoms with Crippen molar-refractivity contribution in [3.8, 4) is 0 Å². The minimum absolute atomic E-state index is 0.102. The lowest BCUT2D eigenvalue weighted by atomic mass is 10.00. The Hall–Kier alpha value is -2.34. The van der Waals surface area contributed by atoms with Crippen LogP contribution in [0, 0.1) is 0 Å². The molecule has 0 saturated carbocycles. The highest BCUT2D eigenvalue weighted by Gasteiger charge is 2.32. The molecule has 3 nitrogen and oxygen atoms in total. The molecule has 0 spiro atoms. The van der Waals surface area contributed by atoms with Crippen LogP contribution in [0.3, 0.4) is 0 Å². The van der Waals surface area contributed by atoms with Gasteiger partial charge in [0, 0.05) is 37.4 Å². The molecule has 1 aliphatic heterocycles. The van der Waals surface area contributed by atoms with Crippen LogP contribution in [-0.4, -0.2) is 42.9 Å². The highest BCUT2D eigenvalue weighted by Crippen LogP contribution is 2.32. The zero-order chi connectivity index (χ0) is 19.4. The van der Waals surface area contributed by atoms with Crippen LogP contribution in [0.5, 0.6) is 0 Å². The average Bonchev–Trinajstić information content (AvgIpc) is 2.69. The largest absolute Gasteiger partial charge is 0.416 e. The van der Waals surface area contributed by atoms with Gasteiger partial charge in [-0.1, -0.05) is 43.3 Å². The lowest BCUT2D eigenvalue weighted by Crippen LogP contribution is -2.52. The van der Waals surface area contributed by atoms with E-state index in [9.17, 15) is 18.0 Å². The molecule has 0 radical (unpaired) electrons. The molecule has 0 amide bonds. The highest BCUT2D eigenvalue weighted by atomic mass is 19.4. The predicted octanol–water partition coefficient (Wildman–Crippen LogP) is 4.49. The number of anilines is 1. The first-order chi connectivity index (χ1) is 12.9. The van der Waals surface area contributed by atoms with Crippen molar-refractivity contribution in [1.82, 2.24) is 4.90 Å². The first kappa shape index (κ1) is 19.4. The molecule has 6 heteroatoms. The van der Waals surface area contributed by atoms with Crippen LogP contribution in [0.4, 0.5) is 18.9 Å². The van der Waals surface area contributed by atoms with Crippen molar-refractivity contribution >= 4 is 11.5 Å². The second-order valence-corrected chi connectivity index (χ2v) is 6.73. The van der Waals surface area contributed by atoms with Crippen molar-refractivity contribution in [2.75, 3.05) is 31.1 Å². The molecule has 0 N–H and O–H groups in total. The molecule has 27 heavy (non-hydrogen) atoms. The molecule has 0 aromatic heterocycles. The maximum Gasteiger partial charge on any atom is 0.416 e. The van der Waals surface area contributed by atoms with Gasteiger partial charge in [-0.2, -0.15) is 13.2 Å². The fourth-order valence-corrected chi connectivity index (χ4v) is 3.57. The van der Waals surface area contributed by atoms with E-state index in [1.807, 2.05) is 42.2 Å². The number of piperazine rings is 1. The summed E-state index contributed by atoms with van der Waals surface area (Å²) in [5, 5.41) is 0. The molecule has 0 bridgehead atoms. The third kappa shape index (κ3) is 4.50. The Labute approximate surface area is 157 Å². The summed E-state index contributed by atoms with van der Waals surface area (Å²) < 4.78 is 38.8. The molecule has 2 aromatic carbocycles. The number of benzene rings is 2. The number of carbonyl (C=O) groups excluding carboxylic acids is 1. The molecule has 1 saturated heterocycles. The van der Waals surface area contributed by atoms with Crippen LogP contribution in [0.25, 0.3) is 0 Å². The van der Waals surface area contributed by atoms with Gasteiger partial charge in [0.15, 0.2) is 5.78 Å². The molecule has 2 aromatic rings. The molecule has 1 heterocycles. The Kier molecular flexibility index (Phi) is 5.85. The summed E-state index contributed by atoms with van der Waals surface area (Å²) >= 11 is 0. The molecule has 3 rings (SSSR count). The molecule has 1 fully saturated rings. The van der Waals surface area contributed by atoms with Gasteiger partial charge in [-0.05, 0) is 24.6 Å². The number of hydrogen-bond acceptors (Lipinski definition) is 3. The van der Waals surface area contributed by atoms with E-state index < -0.39 is 11.7 Å². The Morgan fingerprint density at radius 2 is 1.67 bits per heavy atom. The minimum atomic E-state index is -4.34. The lowest BCUT2D eigenvalue weighted by molar-refractivity contribution is -0.137. The summed E-state index contributed by atoms with van der Waals surface area (Å²) in [6, 6.07) is 14.5. The summed E-state index contributed by atoms with van der Waals surface area (Å²) in [6.07, 6.45) is -3.63. The van der Waals surface area contributed by atoms with Crippen molar-refractivity contribution < 1.29 is 18.0 Å². The summed E-state index contributed by atoms with van der Waals surface area (Å²) in [6.45, 7) is 4.48. The van der Waals surface area contributed by atoms with E-state index in [1.165, 1.54) is 12.1 Å². The van der Waals surface area contributed by atoms with Crippen LogP contribution in [0.15, 0.2) is 54.6 Å². The second kappa shape index (κ2) is 8.13. The number of ketones is 1. The van der Waals surface area contributed by atoms with Gasteiger partial charge in [-0.25, -0.2) is 0 Å². The Bertz CT molecular complexity index is 768. The normalized spacial score (nSPS) is 17.0. The van der Waals surface area contributed by atoms with E-state index in [1.54, 1.807) is 6.07 Å². The van der Waals surface area contributed by atoms with Gasteiger partial charge in [0.1, 0.15) is 0 Å². The van der Waals surface area contributed by atoms with Crippen LogP contribution in [0.2, 0.25) is 0 Å². The van der Waals surface area contributed by atoms with Gasteiger partial charge in [0.05, 0.1) is 11.6 Å². The van der Waals surface area contributed by atoms with Crippen molar-refractivity contribution in [3.63, 3.8) is 0 Å². The minimum Gasteiger partial charge on any atom is -0.369 e. The number of alkyl halides is 3. The topological polar surface area (TPSA) is 23.6 Å². The predicted molar refractivity (Wildman–Crippen MR) is 100 cm³/mol. The Balaban J connectivity index is 1.67. The Morgan fingerprint density at radius 3 is 2.26 bits per heavy atom. The summed E-state index contributed by atoms with van der Waals surface area (Å²) in [5.41, 5.74) is 0.643. The van der Waals surface area contributed by atoms with Crippen LogP contribution >= 0.6 is 0 Å². The van der Waals surface area contributed by atoms with Crippen molar-refractivity contribution in [2.45, 2.75) is 25.6 Å². The lowest BCUT2D eigenvalue weighted by Gasteiger charge is -2.39. The third-order valence-electron chi connectivity index (χ3n) is 5.04. The third-order valence-corrected chi connectivity index (χ3v) is 5.04. The highest BCUT2D eigenvalue weighted by molar-refractivity contribution is 6.00. The zero-order valence-corrected chi connectivity index (χ0v) is 15.2. The SMILES string of the molecule is CCC(C(=O)c1ccccc1)N1CCN(c2cccc(C(F)(F)F)c2)CC1. The van der Waals surface area contributed by atoms with Gasteiger partial charge >= 0.3 is 6.18 Å². The van der Waals surface area contributed by atoms with E-state index in [0.717, 1.165) is 6.07 Å². The summed E-state index contributed by atoms with van der Waals surface area (Å²) in [5.74, 6) is 0.102. The molecule has 144 valence electrons. The van der Waals surface area contributed by atoms with E-state index >= 15 is 0 Å². The van der Waals surface area contributed by atoms with Crippen LogP contribution < -0.4 is 4.90 Å². The zero-order valence-electron chi connectivity index (χ0n) is 15.2. The average molecular weight is 376 g/mol.